The minimum Gasteiger partial charge on any atom is -0.340 e. The number of piperidine rings is 1. The first-order chi connectivity index (χ1) is 11.5. The molecule has 2 saturated heterocycles. The fourth-order valence-corrected chi connectivity index (χ4v) is 3.40. The van der Waals surface area contributed by atoms with Crippen LogP contribution in [0.5, 0.6) is 0 Å². The van der Waals surface area contributed by atoms with Gasteiger partial charge in [0, 0.05) is 37.8 Å². The van der Waals surface area contributed by atoms with Crippen molar-refractivity contribution in [1.29, 1.82) is 0 Å². The molecule has 138 valence electrons. The summed E-state index contributed by atoms with van der Waals surface area (Å²) in [5, 5.41) is 3.03. The highest BCUT2D eigenvalue weighted by Gasteiger charge is 2.31. The Kier molecular flexibility index (Phi) is 6.72. The van der Waals surface area contributed by atoms with E-state index in [1.165, 1.54) is 0 Å². The van der Waals surface area contributed by atoms with E-state index in [0.717, 1.165) is 37.6 Å². The minimum atomic E-state index is -0.574. The lowest BCUT2D eigenvalue weighted by Crippen LogP contribution is -2.57. The number of hydrogen-bond acceptors (Lipinski definition) is 3. The van der Waals surface area contributed by atoms with Crippen molar-refractivity contribution in [2.24, 2.45) is 0 Å². The molecule has 0 spiro atoms. The van der Waals surface area contributed by atoms with Crippen LogP contribution in [0.25, 0.3) is 0 Å². The molecule has 1 unspecified atom stereocenters. The minimum absolute atomic E-state index is 0. The molecule has 8 heteroatoms. The van der Waals surface area contributed by atoms with Gasteiger partial charge in [0.2, 0.25) is 11.8 Å². The molecule has 1 N–H and O–H groups in total. The number of hydrogen-bond donors (Lipinski definition) is 1. The fraction of sp³-hybridized carbons (Fsp3) is 0.529. The molecule has 2 aliphatic heterocycles. The Balaban J connectivity index is 0.00000225. The van der Waals surface area contributed by atoms with Gasteiger partial charge in [0.25, 0.3) is 0 Å². The maximum Gasteiger partial charge on any atom is 0.236 e. The van der Waals surface area contributed by atoms with Crippen LogP contribution in [0.4, 0.5) is 8.78 Å². The smallest absolute Gasteiger partial charge is 0.236 e. The Hall–Kier alpha value is -1.73. The summed E-state index contributed by atoms with van der Waals surface area (Å²) in [7, 11) is 0. The summed E-state index contributed by atoms with van der Waals surface area (Å²) in [5.74, 6) is -1.30. The van der Waals surface area contributed by atoms with Crippen LogP contribution in [0.1, 0.15) is 18.4 Å². The zero-order chi connectivity index (χ0) is 17.1. The van der Waals surface area contributed by atoms with E-state index < -0.39 is 11.6 Å². The number of amides is 2. The highest BCUT2D eigenvalue weighted by atomic mass is 35.5. The van der Waals surface area contributed by atoms with Crippen LogP contribution in [0, 0.1) is 11.6 Å². The zero-order valence-electron chi connectivity index (χ0n) is 13.8. The molecule has 2 aliphatic rings. The first kappa shape index (κ1) is 19.6. The Bertz CT molecular complexity index is 644. The molecule has 0 radical (unpaired) electrons. The van der Waals surface area contributed by atoms with Gasteiger partial charge in [0.05, 0.1) is 13.0 Å². The monoisotopic (exact) mass is 373 g/mol. The maximum absolute atomic E-state index is 13.7. The number of rotatable bonds is 3. The Morgan fingerprint density at radius 1 is 1.28 bits per heavy atom. The van der Waals surface area contributed by atoms with E-state index in [4.69, 9.17) is 0 Å². The summed E-state index contributed by atoms with van der Waals surface area (Å²) in [4.78, 5) is 28.0. The Labute approximate surface area is 151 Å². The molecule has 0 aromatic heterocycles. The van der Waals surface area contributed by atoms with Crippen LogP contribution in [0.3, 0.4) is 0 Å². The zero-order valence-corrected chi connectivity index (χ0v) is 14.7. The number of piperazine rings is 1. The summed E-state index contributed by atoms with van der Waals surface area (Å²) in [6.45, 7) is 2.78. The number of nitrogens with zero attached hydrogens (tertiary/aromatic N) is 2. The summed E-state index contributed by atoms with van der Waals surface area (Å²) in [5.41, 5.74) is 0.0698. The molecule has 1 atom stereocenters. The van der Waals surface area contributed by atoms with Crippen LogP contribution in [-0.4, -0.2) is 60.4 Å². The highest BCUT2D eigenvalue weighted by Crippen LogP contribution is 2.19. The summed E-state index contributed by atoms with van der Waals surface area (Å²) in [6, 6.07) is 3.15. The van der Waals surface area contributed by atoms with Gasteiger partial charge in [-0.1, -0.05) is 0 Å². The standard InChI is InChI=1S/C17H21F2N3O2.ClH/c18-13-3-4-15(19)12(8-13)9-16(23)21-6-1-2-14(11-21)22-7-5-20-10-17(22)24;/h3-4,8,14,20H,1-2,5-7,9-11H2;1H. The highest BCUT2D eigenvalue weighted by molar-refractivity contribution is 5.85. The van der Waals surface area contributed by atoms with E-state index >= 15 is 0 Å². The van der Waals surface area contributed by atoms with E-state index in [2.05, 4.69) is 5.32 Å². The number of benzene rings is 1. The van der Waals surface area contributed by atoms with E-state index in [9.17, 15) is 18.4 Å². The first-order valence-electron chi connectivity index (χ1n) is 8.26. The average Bonchev–Trinajstić information content (AvgIpc) is 2.58. The number of carbonyl (C=O) groups is 2. The number of nitrogens with one attached hydrogen (secondary N) is 1. The van der Waals surface area contributed by atoms with Crippen LogP contribution in [0.15, 0.2) is 18.2 Å². The van der Waals surface area contributed by atoms with E-state index in [0.29, 0.717) is 26.2 Å². The van der Waals surface area contributed by atoms with Crippen molar-refractivity contribution < 1.29 is 18.4 Å². The molecule has 1 aromatic carbocycles. The van der Waals surface area contributed by atoms with Gasteiger partial charge in [-0.2, -0.15) is 0 Å². The lowest BCUT2D eigenvalue weighted by molar-refractivity contribution is -0.140. The van der Waals surface area contributed by atoms with Gasteiger partial charge < -0.3 is 15.1 Å². The third-order valence-corrected chi connectivity index (χ3v) is 4.67. The largest absolute Gasteiger partial charge is 0.340 e. The molecule has 2 fully saturated rings. The average molecular weight is 374 g/mol. The Morgan fingerprint density at radius 2 is 2.08 bits per heavy atom. The van der Waals surface area contributed by atoms with Crippen molar-refractivity contribution in [2.45, 2.75) is 25.3 Å². The maximum atomic E-state index is 13.7. The number of likely N-dealkylation sites (tertiary alicyclic amines) is 1. The van der Waals surface area contributed by atoms with Gasteiger partial charge in [0.1, 0.15) is 11.6 Å². The molecule has 2 heterocycles. The van der Waals surface area contributed by atoms with Crippen LogP contribution < -0.4 is 5.32 Å². The normalized spacial score (nSPS) is 21.0. The predicted octanol–water partition coefficient (Wildman–Crippen LogP) is 1.35. The van der Waals surface area contributed by atoms with Crippen molar-refractivity contribution in [3.63, 3.8) is 0 Å². The van der Waals surface area contributed by atoms with E-state index in [1.807, 2.05) is 4.90 Å². The molecular formula is C17H22ClF2N3O2. The van der Waals surface area contributed by atoms with Crippen LogP contribution in [0.2, 0.25) is 0 Å². The van der Waals surface area contributed by atoms with E-state index in [-0.39, 0.29) is 42.2 Å². The second-order valence-corrected chi connectivity index (χ2v) is 6.31. The van der Waals surface area contributed by atoms with Crippen molar-refractivity contribution in [3.05, 3.63) is 35.4 Å². The SMILES string of the molecule is Cl.O=C(Cc1cc(F)ccc1F)N1CCCC(N2CCNCC2=O)C1. The molecule has 0 saturated carbocycles. The van der Waals surface area contributed by atoms with Gasteiger partial charge in [-0.3, -0.25) is 9.59 Å². The lowest BCUT2D eigenvalue weighted by Gasteiger charge is -2.41. The van der Waals surface area contributed by atoms with E-state index in [1.54, 1.807) is 4.90 Å². The first-order valence-corrected chi connectivity index (χ1v) is 8.26. The summed E-state index contributed by atoms with van der Waals surface area (Å²) < 4.78 is 27.0. The summed E-state index contributed by atoms with van der Waals surface area (Å²) in [6.07, 6.45) is 1.51. The molecular weight excluding hydrogens is 352 g/mol. The van der Waals surface area contributed by atoms with Crippen LogP contribution >= 0.6 is 12.4 Å². The molecule has 2 amide bonds. The van der Waals surface area contributed by atoms with Gasteiger partial charge in [-0.25, -0.2) is 8.78 Å². The topological polar surface area (TPSA) is 52.7 Å². The predicted molar refractivity (Wildman–Crippen MR) is 91.5 cm³/mol. The van der Waals surface area contributed by atoms with Crippen molar-refractivity contribution in [1.82, 2.24) is 15.1 Å². The number of halogens is 3. The fourth-order valence-electron chi connectivity index (χ4n) is 3.40. The number of carbonyl (C=O) groups excluding carboxylic acids is 2. The van der Waals surface area contributed by atoms with Gasteiger partial charge in [-0.05, 0) is 31.0 Å². The molecule has 0 bridgehead atoms. The molecule has 25 heavy (non-hydrogen) atoms. The van der Waals surface area contributed by atoms with Crippen LogP contribution in [-0.2, 0) is 16.0 Å². The molecule has 0 aliphatic carbocycles. The summed E-state index contributed by atoms with van der Waals surface area (Å²) >= 11 is 0. The second kappa shape index (κ2) is 8.58. The molecule has 5 nitrogen and oxygen atoms in total. The lowest BCUT2D eigenvalue weighted by atomic mass is 10.0. The van der Waals surface area contributed by atoms with Gasteiger partial charge >= 0.3 is 0 Å². The third-order valence-electron chi connectivity index (χ3n) is 4.67. The van der Waals surface area contributed by atoms with Crippen molar-refractivity contribution >= 4 is 24.2 Å². The van der Waals surface area contributed by atoms with Crippen molar-refractivity contribution in [3.8, 4) is 0 Å². The molecule has 1 aromatic rings. The molecule has 3 rings (SSSR count). The third kappa shape index (κ3) is 4.67. The van der Waals surface area contributed by atoms with Crippen molar-refractivity contribution in [2.75, 3.05) is 32.7 Å². The second-order valence-electron chi connectivity index (χ2n) is 6.31. The van der Waals surface area contributed by atoms with Gasteiger partial charge in [-0.15, -0.1) is 12.4 Å². The quantitative estimate of drug-likeness (QED) is 0.870. The Morgan fingerprint density at radius 3 is 2.84 bits per heavy atom. The van der Waals surface area contributed by atoms with Gasteiger partial charge in [0.15, 0.2) is 0 Å².